The van der Waals surface area contributed by atoms with Gasteiger partial charge in [-0.25, -0.2) is 0 Å². The molecule has 1 aromatic heterocycles. The van der Waals surface area contributed by atoms with Crippen LogP contribution < -0.4 is 0 Å². The molecular formula is C15H22O3. The first-order valence-corrected chi connectivity index (χ1v) is 6.92. The van der Waals surface area contributed by atoms with Crippen LogP contribution in [0.25, 0.3) is 0 Å². The van der Waals surface area contributed by atoms with Gasteiger partial charge in [0.05, 0.1) is 6.26 Å². The van der Waals surface area contributed by atoms with Crippen LogP contribution in [0.4, 0.5) is 0 Å². The van der Waals surface area contributed by atoms with Gasteiger partial charge in [0.25, 0.3) is 0 Å². The Balaban J connectivity index is 1.63. The molecule has 0 atom stereocenters. The normalized spacial score (nSPS) is 16.9. The van der Waals surface area contributed by atoms with Crippen LogP contribution in [0.5, 0.6) is 0 Å². The molecule has 0 aliphatic carbocycles. The van der Waals surface area contributed by atoms with E-state index in [-0.39, 0.29) is 5.78 Å². The third-order valence-electron chi connectivity index (χ3n) is 3.72. The van der Waals surface area contributed by atoms with E-state index < -0.39 is 0 Å². The van der Waals surface area contributed by atoms with Gasteiger partial charge in [-0.3, -0.25) is 4.79 Å². The fraction of sp³-hybridized carbons (Fsp3) is 0.667. The molecule has 0 bridgehead atoms. The van der Waals surface area contributed by atoms with Crippen molar-refractivity contribution in [1.29, 1.82) is 0 Å². The Bertz CT molecular complexity index is 375. The zero-order chi connectivity index (χ0) is 12.8. The largest absolute Gasteiger partial charge is 0.461 e. The van der Waals surface area contributed by atoms with Gasteiger partial charge in [0.2, 0.25) is 0 Å². The first kappa shape index (κ1) is 13.3. The van der Waals surface area contributed by atoms with Crippen molar-refractivity contribution in [3.8, 4) is 0 Å². The summed E-state index contributed by atoms with van der Waals surface area (Å²) < 4.78 is 10.5. The molecule has 1 fully saturated rings. The molecule has 3 heteroatoms. The number of carbonyl (C=O) groups is 1. The van der Waals surface area contributed by atoms with Crippen LogP contribution in [0.15, 0.2) is 16.7 Å². The number of Topliss-reactive ketones (excluding diaryl/α,β-unsaturated/α-hetero) is 1. The van der Waals surface area contributed by atoms with Crippen LogP contribution in [-0.2, 0) is 4.74 Å². The van der Waals surface area contributed by atoms with E-state index in [1.54, 1.807) is 6.26 Å². The van der Waals surface area contributed by atoms with Gasteiger partial charge in [-0.05, 0) is 43.7 Å². The highest BCUT2D eigenvalue weighted by atomic mass is 16.5. The summed E-state index contributed by atoms with van der Waals surface area (Å²) in [5, 5.41) is 0. The highest BCUT2D eigenvalue weighted by Gasteiger charge is 2.15. The van der Waals surface area contributed by atoms with Crippen LogP contribution in [0.1, 0.15) is 54.6 Å². The van der Waals surface area contributed by atoms with E-state index in [4.69, 9.17) is 9.15 Å². The van der Waals surface area contributed by atoms with Crippen molar-refractivity contribution in [1.82, 2.24) is 0 Å². The SMILES string of the molecule is Cc1ccoc1C(=O)CCCCC1CCOCC1. The summed E-state index contributed by atoms with van der Waals surface area (Å²) in [5.41, 5.74) is 0.949. The highest BCUT2D eigenvalue weighted by molar-refractivity contribution is 5.94. The average Bonchev–Trinajstić information content (AvgIpc) is 2.82. The molecule has 1 aliphatic rings. The van der Waals surface area contributed by atoms with Crippen molar-refractivity contribution in [3.05, 3.63) is 23.7 Å². The summed E-state index contributed by atoms with van der Waals surface area (Å²) in [5.74, 6) is 1.49. The van der Waals surface area contributed by atoms with Crippen molar-refractivity contribution < 1.29 is 13.9 Å². The first-order chi connectivity index (χ1) is 8.77. The van der Waals surface area contributed by atoms with Crippen LogP contribution in [-0.4, -0.2) is 19.0 Å². The minimum Gasteiger partial charge on any atom is -0.461 e. The molecule has 1 aliphatic heterocycles. The Kier molecular flexibility index (Phi) is 5.00. The molecule has 2 heterocycles. The predicted octanol–water partition coefficient (Wildman–Crippen LogP) is 3.76. The second kappa shape index (κ2) is 6.74. The number of ether oxygens (including phenoxy) is 1. The van der Waals surface area contributed by atoms with E-state index in [1.165, 1.54) is 19.3 Å². The summed E-state index contributed by atoms with van der Waals surface area (Å²) in [6.45, 7) is 3.74. The molecule has 0 N–H and O–H groups in total. The maximum Gasteiger partial charge on any atom is 0.198 e. The van der Waals surface area contributed by atoms with Crippen molar-refractivity contribution in [2.45, 2.75) is 45.4 Å². The second-order valence-corrected chi connectivity index (χ2v) is 5.16. The van der Waals surface area contributed by atoms with E-state index >= 15 is 0 Å². The summed E-state index contributed by atoms with van der Waals surface area (Å²) in [7, 11) is 0. The molecule has 0 radical (unpaired) electrons. The lowest BCUT2D eigenvalue weighted by Crippen LogP contribution is -2.15. The lowest BCUT2D eigenvalue weighted by molar-refractivity contribution is 0.0629. The molecule has 0 amide bonds. The summed E-state index contributed by atoms with van der Waals surface area (Å²) >= 11 is 0. The summed E-state index contributed by atoms with van der Waals surface area (Å²) in [6.07, 6.45) is 7.90. The van der Waals surface area contributed by atoms with E-state index in [0.29, 0.717) is 12.2 Å². The van der Waals surface area contributed by atoms with Crippen LogP contribution in [0.3, 0.4) is 0 Å². The number of hydrogen-bond donors (Lipinski definition) is 0. The molecule has 100 valence electrons. The molecule has 18 heavy (non-hydrogen) atoms. The average molecular weight is 250 g/mol. The smallest absolute Gasteiger partial charge is 0.198 e. The van der Waals surface area contributed by atoms with E-state index in [2.05, 4.69) is 0 Å². The standard InChI is InChI=1S/C15H22O3/c1-12-6-11-18-15(12)14(16)5-3-2-4-13-7-9-17-10-8-13/h6,11,13H,2-5,7-10H2,1H3. The Hall–Kier alpha value is -1.09. The number of hydrogen-bond acceptors (Lipinski definition) is 3. The Labute approximate surface area is 109 Å². The van der Waals surface area contributed by atoms with Gasteiger partial charge in [0.15, 0.2) is 11.5 Å². The Morgan fingerprint density at radius 1 is 1.33 bits per heavy atom. The van der Waals surface area contributed by atoms with Gasteiger partial charge in [-0.15, -0.1) is 0 Å². The molecule has 3 nitrogen and oxygen atoms in total. The third kappa shape index (κ3) is 3.70. The van der Waals surface area contributed by atoms with Gasteiger partial charge < -0.3 is 9.15 Å². The lowest BCUT2D eigenvalue weighted by Gasteiger charge is -2.21. The number of furan rings is 1. The monoisotopic (exact) mass is 250 g/mol. The number of ketones is 1. The molecule has 0 unspecified atom stereocenters. The quantitative estimate of drug-likeness (QED) is 0.570. The summed E-state index contributed by atoms with van der Waals surface area (Å²) in [6, 6.07) is 1.84. The number of rotatable bonds is 6. The van der Waals surface area contributed by atoms with Crippen molar-refractivity contribution in [3.63, 3.8) is 0 Å². The topological polar surface area (TPSA) is 39.4 Å². The number of carbonyl (C=O) groups excluding carboxylic acids is 1. The Morgan fingerprint density at radius 3 is 2.78 bits per heavy atom. The molecule has 0 saturated carbocycles. The lowest BCUT2D eigenvalue weighted by atomic mass is 9.93. The van der Waals surface area contributed by atoms with E-state index in [0.717, 1.165) is 37.5 Å². The molecule has 2 rings (SSSR count). The maximum absolute atomic E-state index is 11.9. The molecule has 1 saturated heterocycles. The second-order valence-electron chi connectivity index (χ2n) is 5.16. The predicted molar refractivity (Wildman–Crippen MR) is 69.8 cm³/mol. The minimum atomic E-state index is 0.143. The molecule has 0 spiro atoms. The zero-order valence-electron chi connectivity index (χ0n) is 11.1. The van der Waals surface area contributed by atoms with Crippen LogP contribution in [0.2, 0.25) is 0 Å². The van der Waals surface area contributed by atoms with Gasteiger partial charge in [-0.2, -0.15) is 0 Å². The van der Waals surface area contributed by atoms with Gasteiger partial charge in [0, 0.05) is 19.6 Å². The van der Waals surface area contributed by atoms with Crippen LogP contribution >= 0.6 is 0 Å². The third-order valence-corrected chi connectivity index (χ3v) is 3.72. The van der Waals surface area contributed by atoms with E-state index in [1.807, 2.05) is 13.0 Å². The van der Waals surface area contributed by atoms with Gasteiger partial charge >= 0.3 is 0 Å². The summed E-state index contributed by atoms with van der Waals surface area (Å²) in [4.78, 5) is 11.9. The highest BCUT2D eigenvalue weighted by Crippen LogP contribution is 2.22. The first-order valence-electron chi connectivity index (χ1n) is 6.92. The van der Waals surface area contributed by atoms with Crippen molar-refractivity contribution in [2.24, 2.45) is 5.92 Å². The number of aryl methyl sites for hydroxylation is 1. The minimum absolute atomic E-state index is 0.143. The van der Waals surface area contributed by atoms with E-state index in [9.17, 15) is 4.79 Å². The van der Waals surface area contributed by atoms with Crippen molar-refractivity contribution >= 4 is 5.78 Å². The van der Waals surface area contributed by atoms with Crippen molar-refractivity contribution in [2.75, 3.05) is 13.2 Å². The van der Waals surface area contributed by atoms with Gasteiger partial charge in [0.1, 0.15) is 0 Å². The van der Waals surface area contributed by atoms with Crippen LogP contribution in [0, 0.1) is 12.8 Å². The van der Waals surface area contributed by atoms with Gasteiger partial charge in [-0.1, -0.05) is 12.8 Å². The fourth-order valence-electron chi connectivity index (χ4n) is 2.53. The molecular weight excluding hydrogens is 228 g/mol. The number of unbranched alkanes of at least 4 members (excludes halogenated alkanes) is 1. The fourth-order valence-corrected chi connectivity index (χ4v) is 2.53. The molecule has 0 aromatic carbocycles. The molecule has 1 aromatic rings. The zero-order valence-corrected chi connectivity index (χ0v) is 11.1. The maximum atomic E-state index is 11.9. The Morgan fingerprint density at radius 2 is 2.11 bits per heavy atom.